The van der Waals surface area contributed by atoms with E-state index in [2.05, 4.69) is 18.0 Å². The summed E-state index contributed by atoms with van der Waals surface area (Å²) in [6.45, 7) is 6.14. The van der Waals surface area contributed by atoms with Gasteiger partial charge in [-0.3, -0.25) is 4.98 Å². The van der Waals surface area contributed by atoms with E-state index >= 15 is 0 Å². The van der Waals surface area contributed by atoms with Gasteiger partial charge < -0.3 is 0 Å². The first-order valence-electron chi connectivity index (χ1n) is 4.55. The fourth-order valence-corrected chi connectivity index (χ4v) is 1.43. The zero-order valence-electron chi connectivity index (χ0n) is 8.39. The molecule has 0 saturated heterocycles. The Bertz CT molecular complexity index is 348. The average Bonchev–Trinajstić information content (AvgIpc) is 2.14. The smallest absolute Gasteiger partial charge is 0.101 e. The Hall–Kier alpha value is -1.36. The highest BCUT2D eigenvalue weighted by Crippen LogP contribution is 2.16. The van der Waals surface area contributed by atoms with Crippen LogP contribution in [0.5, 0.6) is 0 Å². The van der Waals surface area contributed by atoms with Crippen LogP contribution < -0.4 is 0 Å². The fourth-order valence-electron chi connectivity index (χ4n) is 1.43. The number of pyridine rings is 1. The van der Waals surface area contributed by atoms with Gasteiger partial charge in [-0.2, -0.15) is 5.26 Å². The highest BCUT2D eigenvalue weighted by Gasteiger charge is 2.07. The molecule has 13 heavy (non-hydrogen) atoms. The Morgan fingerprint density at radius 2 is 2.15 bits per heavy atom. The van der Waals surface area contributed by atoms with Gasteiger partial charge in [-0.1, -0.05) is 13.3 Å². The predicted molar refractivity (Wildman–Crippen MR) is 52.4 cm³/mol. The largest absolute Gasteiger partial charge is 0.260 e. The molecule has 0 amide bonds. The van der Waals surface area contributed by atoms with Crippen molar-refractivity contribution < 1.29 is 0 Å². The monoisotopic (exact) mass is 174 g/mol. The lowest BCUT2D eigenvalue weighted by Gasteiger charge is -2.08. The SMILES string of the molecule is CCCc1c(C#N)cnc(C)c1C. The van der Waals surface area contributed by atoms with Gasteiger partial charge in [0.25, 0.3) is 0 Å². The van der Waals surface area contributed by atoms with Gasteiger partial charge in [0.1, 0.15) is 6.07 Å². The van der Waals surface area contributed by atoms with Crippen molar-refractivity contribution in [2.24, 2.45) is 0 Å². The highest BCUT2D eigenvalue weighted by molar-refractivity contribution is 5.42. The molecule has 0 saturated carbocycles. The van der Waals surface area contributed by atoms with Gasteiger partial charge >= 0.3 is 0 Å². The van der Waals surface area contributed by atoms with Crippen LogP contribution in [0.25, 0.3) is 0 Å². The molecular formula is C11H14N2. The van der Waals surface area contributed by atoms with E-state index in [0.717, 1.165) is 29.7 Å². The van der Waals surface area contributed by atoms with E-state index in [1.54, 1.807) is 6.20 Å². The van der Waals surface area contributed by atoms with Crippen molar-refractivity contribution in [1.29, 1.82) is 5.26 Å². The lowest BCUT2D eigenvalue weighted by Crippen LogP contribution is -1.98. The summed E-state index contributed by atoms with van der Waals surface area (Å²) in [7, 11) is 0. The first-order chi connectivity index (χ1) is 6.20. The van der Waals surface area contributed by atoms with Gasteiger partial charge in [-0.25, -0.2) is 0 Å². The third kappa shape index (κ3) is 1.86. The van der Waals surface area contributed by atoms with E-state index < -0.39 is 0 Å². The maximum Gasteiger partial charge on any atom is 0.101 e. The topological polar surface area (TPSA) is 36.7 Å². The number of aryl methyl sites for hydroxylation is 1. The van der Waals surface area contributed by atoms with Crippen molar-refractivity contribution in [1.82, 2.24) is 4.98 Å². The molecule has 0 atom stereocenters. The van der Waals surface area contributed by atoms with Gasteiger partial charge in [0, 0.05) is 11.9 Å². The molecular weight excluding hydrogens is 160 g/mol. The second-order valence-corrected chi connectivity index (χ2v) is 3.22. The highest BCUT2D eigenvalue weighted by atomic mass is 14.7. The zero-order chi connectivity index (χ0) is 9.84. The Kier molecular flexibility index (Phi) is 3.02. The predicted octanol–water partition coefficient (Wildman–Crippen LogP) is 2.52. The van der Waals surface area contributed by atoms with E-state index in [1.165, 1.54) is 5.56 Å². The van der Waals surface area contributed by atoms with Gasteiger partial charge in [0.2, 0.25) is 0 Å². The Morgan fingerprint density at radius 1 is 1.46 bits per heavy atom. The molecule has 1 aromatic heterocycles. The summed E-state index contributed by atoms with van der Waals surface area (Å²) in [6.07, 6.45) is 3.71. The summed E-state index contributed by atoms with van der Waals surface area (Å²) in [6, 6.07) is 2.19. The quantitative estimate of drug-likeness (QED) is 0.690. The van der Waals surface area contributed by atoms with Gasteiger partial charge in [-0.15, -0.1) is 0 Å². The average molecular weight is 174 g/mol. The maximum atomic E-state index is 8.87. The van der Waals surface area contributed by atoms with Crippen LogP contribution in [-0.2, 0) is 6.42 Å². The van der Waals surface area contributed by atoms with Crippen LogP contribution in [0, 0.1) is 25.2 Å². The number of aromatic nitrogens is 1. The number of nitrogens with zero attached hydrogens (tertiary/aromatic N) is 2. The molecule has 0 aliphatic carbocycles. The second-order valence-electron chi connectivity index (χ2n) is 3.22. The first-order valence-corrected chi connectivity index (χ1v) is 4.55. The van der Waals surface area contributed by atoms with E-state index in [9.17, 15) is 0 Å². The molecule has 0 N–H and O–H groups in total. The molecule has 0 aliphatic heterocycles. The van der Waals surface area contributed by atoms with E-state index in [-0.39, 0.29) is 0 Å². The number of rotatable bonds is 2. The Balaban J connectivity index is 3.26. The van der Waals surface area contributed by atoms with Gasteiger partial charge in [0.15, 0.2) is 0 Å². The third-order valence-electron chi connectivity index (χ3n) is 2.33. The molecule has 0 spiro atoms. The minimum Gasteiger partial charge on any atom is -0.260 e. The molecule has 0 bridgehead atoms. The molecule has 1 aromatic rings. The summed E-state index contributed by atoms with van der Waals surface area (Å²) in [5.41, 5.74) is 4.09. The zero-order valence-corrected chi connectivity index (χ0v) is 8.39. The van der Waals surface area contributed by atoms with Crippen LogP contribution in [-0.4, -0.2) is 4.98 Å². The number of hydrogen-bond acceptors (Lipinski definition) is 2. The molecule has 0 fully saturated rings. The summed E-state index contributed by atoms with van der Waals surface area (Å²) < 4.78 is 0. The summed E-state index contributed by atoms with van der Waals surface area (Å²) in [4.78, 5) is 4.17. The van der Waals surface area contributed by atoms with Crippen LogP contribution in [0.15, 0.2) is 6.20 Å². The molecule has 2 heteroatoms. The molecule has 0 aliphatic rings. The van der Waals surface area contributed by atoms with Gasteiger partial charge in [-0.05, 0) is 31.4 Å². The fraction of sp³-hybridized carbons (Fsp3) is 0.455. The van der Waals surface area contributed by atoms with Crippen LogP contribution >= 0.6 is 0 Å². The maximum absolute atomic E-state index is 8.87. The lowest BCUT2D eigenvalue weighted by molar-refractivity contribution is 0.896. The van der Waals surface area contributed by atoms with Crippen LogP contribution in [0.1, 0.15) is 35.7 Å². The summed E-state index contributed by atoms with van der Waals surface area (Å²) in [5.74, 6) is 0. The molecule has 1 rings (SSSR count). The van der Waals surface area contributed by atoms with E-state index in [0.29, 0.717) is 0 Å². The molecule has 2 nitrogen and oxygen atoms in total. The molecule has 68 valence electrons. The van der Waals surface area contributed by atoms with Crippen LogP contribution in [0.3, 0.4) is 0 Å². The minimum atomic E-state index is 0.727. The van der Waals surface area contributed by atoms with Crippen LogP contribution in [0.2, 0.25) is 0 Å². The number of hydrogen-bond donors (Lipinski definition) is 0. The number of nitriles is 1. The standard InChI is InChI=1S/C11H14N2/c1-4-5-11-8(2)9(3)13-7-10(11)6-12/h7H,4-5H2,1-3H3. The van der Waals surface area contributed by atoms with Crippen molar-refractivity contribution >= 4 is 0 Å². The molecule has 0 aromatic carbocycles. The van der Waals surface area contributed by atoms with E-state index in [1.807, 2.05) is 13.8 Å². The van der Waals surface area contributed by atoms with Crippen molar-refractivity contribution in [3.63, 3.8) is 0 Å². The first kappa shape index (κ1) is 9.73. The second kappa shape index (κ2) is 4.04. The molecule has 0 unspecified atom stereocenters. The summed E-state index contributed by atoms with van der Waals surface area (Å²) >= 11 is 0. The minimum absolute atomic E-state index is 0.727. The Morgan fingerprint density at radius 3 is 2.69 bits per heavy atom. The van der Waals surface area contributed by atoms with Crippen LogP contribution in [0.4, 0.5) is 0 Å². The van der Waals surface area contributed by atoms with E-state index in [4.69, 9.17) is 5.26 Å². The van der Waals surface area contributed by atoms with Crippen molar-refractivity contribution in [2.75, 3.05) is 0 Å². The van der Waals surface area contributed by atoms with Crippen molar-refractivity contribution in [2.45, 2.75) is 33.6 Å². The summed E-state index contributed by atoms with van der Waals surface area (Å²) in [5, 5.41) is 8.87. The van der Waals surface area contributed by atoms with Gasteiger partial charge in [0.05, 0.1) is 5.56 Å². The molecule has 1 heterocycles. The normalized spacial score (nSPS) is 9.69. The van der Waals surface area contributed by atoms with Crippen molar-refractivity contribution in [3.8, 4) is 6.07 Å². The third-order valence-corrected chi connectivity index (χ3v) is 2.33. The van der Waals surface area contributed by atoms with Crippen molar-refractivity contribution in [3.05, 3.63) is 28.6 Å². The molecule has 0 radical (unpaired) electrons. The Labute approximate surface area is 79.2 Å². The lowest BCUT2D eigenvalue weighted by atomic mass is 9.99.